The third-order valence-corrected chi connectivity index (χ3v) is 5.06. The summed E-state index contributed by atoms with van der Waals surface area (Å²) in [6.45, 7) is 3.18. The summed E-state index contributed by atoms with van der Waals surface area (Å²) in [7, 11) is 1.48. The Morgan fingerprint density at radius 3 is 2.43 bits per heavy atom. The number of benzene rings is 2. The molecule has 7 heteroatoms. The zero-order valence-electron chi connectivity index (χ0n) is 15.9. The minimum atomic E-state index is -1.25. The van der Waals surface area contributed by atoms with Gasteiger partial charge in [-0.3, -0.25) is 14.5 Å². The normalized spacial score (nSPS) is 18.9. The van der Waals surface area contributed by atoms with Crippen LogP contribution in [-0.2, 0) is 16.9 Å². The molecule has 2 aromatic carbocycles. The average Bonchev–Trinajstić information content (AvgIpc) is 2.93. The van der Waals surface area contributed by atoms with Crippen LogP contribution in [0.2, 0.25) is 0 Å². The Morgan fingerprint density at radius 2 is 1.86 bits per heavy atom. The summed E-state index contributed by atoms with van der Waals surface area (Å²) in [4.78, 5) is 38.6. The molecule has 0 aliphatic carbocycles. The molecule has 3 rings (SSSR count). The SMILES string of the molecule is CC[C@]1(c2ccc(F)cc2)NC(=O)N(Cc2cc(C(C)=O)ccc2OC)C1=O. The standard InChI is InChI=1S/C21H21FN2O4/c1-4-21(16-6-8-17(22)9-7-16)19(26)24(20(27)23-21)12-15-11-14(13(2)25)5-10-18(15)28-3/h5-11H,4,12H2,1-3H3,(H,23,27)/t21-/m1/s1. The Morgan fingerprint density at radius 1 is 1.18 bits per heavy atom. The first-order chi connectivity index (χ1) is 13.3. The van der Waals surface area contributed by atoms with Crippen molar-refractivity contribution < 1.29 is 23.5 Å². The van der Waals surface area contributed by atoms with Gasteiger partial charge in [0.25, 0.3) is 5.91 Å². The van der Waals surface area contributed by atoms with Gasteiger partial charge in [0.2, 0.25) is 0 Å². The van der Waals surface area contributed by atoms with Gasteiger partial charge in [-0.25, -0.2) is 9.18 Å². The maximum Gasteiger partial charge on any atom is 0.325 e. The summed E-state index contributed by atoms with van der Waals surface area (Å²) in [5.41, 5.74) is 0.269. The second-order valence-corrected chi connectivity index (χ2v) is 6.67. The molecule has 0 aromatic heterocycles. The predicted molar refractivity (Wildman–Crippen MR) is 100 cm³/mol. The van der Waals surface area contributed by atoms with Crippen molar-refractivity contribution in [3.8, 4) is 5.75 Å². The Labute approximate surface area is 162 Å². The van der Waals surface area contributed by atoms with E-state index in [1.165, 1.54) is 38.3 Å². The number of carbonyl (C=O) groups excluding carboxylic acids is 3. The lowest BCUT2D eigenvalue weighted by Gasteiger charge is -2.26. The van der Waals surface area contributed by atoms with Gasteiger partial charge in [0.05, 0.1) is 13.7 Å². The lowest BCUT2D eigenvalue weighted by atomic mass is 9.87. The molecule has 1 saturated heterocycles. The van der Waals surface area contributed by atoms with Gasteiger partial charge in [0, 0.05) is 11.1 Å². The highest BCUT2D eigenvalue weighted by Crippen LogP contribution is 2.34. The van der Waals surface area contributed by atoms with Crippen molar-refractivity contribution in [3.05, 3.63) is 65.0 Å². The minimum absolute atomic E-state index is 0.0437. The number of rotatable bonds is 6. The van der Waals surface area contributed by atoms with Gasteiger partial charge in [-0.05, 0) is 49.2 Å². The molecule has 6 nitrogen and oxygen atoms in total. The van der Waals surface area contributed by atoms with E-state index in [-0.39, 0.29) is 12.3 Å². The number of ether oxygens (including phenoxy) is 1. The third kappa shape index (κ3) is 3.24. The molecule has 1 N–H and O–H groups in total. The highest BCUT2D eigenvalue weighted by Gasteiger charge is 2.51. The predicted octanol–water partition coefficient (Wildman–Crippen LogP) is 3.39. The topological polar surface area (TPSA) is 75.7 Å². The number of carbonyl (C=O) groups is 3. The zero-order chi connectivity index (χ0) is 20.5. The first-order valence-corrected chi connectivity index (χ1v) is 8.90. The summed E-state index contributed by atoms with van der Waals surface area (Å²) in [5.74, 6) is -0.506. The smallest absolute Gasteiger partial charge is 0.325 e. The summed E-state index contributed by atoms with van der Waals surface area (Å²) in [6, 6.07) is 9.85. The summed E-state index contributed by atoms with van der Waals surface area (Å²) in [5, 5.41) is 2.76. The Bertz CT molecular complexity index is 942. The Balaban J connectivity index is 1.97. The molecule has 146 valence electrons. The van der Waals surface area contributed by atoms with Crippen molar-refractivity contribution in [1.29, 1.82) is 0 Å². The Kier molecular flexibility index (Phi) is 5.18. The second kappa shape index (κ2) is 7.42. The molecule has 2 aromatic rings. The number of nitrogens with one attached hydrogen (secondary N) is 1. The molecule has 1 aliphatic heterocycles. The molecule has 1 heterocycles. The van der Waals surface area contributed by atoms with Crippen molar-refractivity contribution in [1.82, 2.24) is 10.2 Å². The number of halogens is 1. The molecule has 0 saturated carbocycles. The van der Waals surface area contributed by atoms with Crippen molar-refractivity contribution in [2.24, 2.45) is 0 Å². The van der Waals surface area contributed by atoms with E-state index < -0.39 is 23.3 Å². The average molecular weight is 384 g/mol. The van der Waals surface area contributed by atoms with Crippen LogP contribution in [0.3, 0.4) is 0 Å². The van der Waals surface area contributed by atoms with E-state index in [2.05, 4.69) is 5.32 Å². The summed E-state index contributed by atoms with van der Waals surface area (Å²) in [6.07, 6.45) is 0.310. The van der Waals surface area contributed by atoms with Crippen LogP contribution in [0.4, 0.5) is 9.18 Å². The van der Waals surface area contributed by atoms with Gasteiger partial charge in [-0.1, -0.05) is 19.1 Å². The van der Waals surface area contributed by atoms with Crippen molar-refractivity contribution >= 4 is 17.7 Å². The lowest BCUT2D eigenvalue weighted by molar-refractivity contribution is -0.132. The number of hydrogen-bond acceptors (Lipinski definition) is 4. The molecule has 0 radical (unpaired) electrons. The molecule has 1 fully saturated rings. The molecule has 1 aliphatic rings. The number of amides is 3. The molecule has 3 amide bonds. The van der Waals surface area contributed by atoms with E-state index in [9.17, 15) is 18.8 Å². The third-order valence-electron chi connectivity index (χ3n) is 5.06. The molecule has 28 heavy (non-hydrogen) atoms. The molecule has 0 unspecified atom stereocenters. The zero-order valence-corrected chi connectivity index (χ0v) is 15.9. The lowest BCUT2D eigenvalue weighted by Crippen LogP contribution is -2.43. The van der Waals surface area contributed by atoms with Gasteiger partial charge in [0.1, 0.15) is 17.1 Å². The largest absolute Gasteiger partial charge is 0.496 e. The van der Waals surface area contributed by atoms with Gasteiger partial charge in [-0.15, -0.1) is 0 Å². The molecule has 0 bridgehead atoms. The van der Waals surface area contributed by atoms with Crippen LogP contribution >= 0.6 is 0 Å². The monoisotopic (exact) mass is 384 g/mol. The van der Waals surface area contributed by atoms with E-state index >= 15 is 0 Å². The first-order valence-electron chi connectivity index (χ1n) is 8.90. The van der Waals surface area contributed by atoms with Crippen molar-refractivity contribution in [3.63, 3.8) is 0 Å². The number of methoxy groups -OCH3 is 1. The Hall–Kier alpha value is -3.22. The van der Waals surface area contributed by atoms with Crippen LogP contribution in [0.15, 0.2) is 42.5 Å². The molecule has 0 spiro atoms. The fourth-order valence-electron chi connectivity index (χ4n) is 3.43. The van der Waals surface area contributed by atoms with Crippen molar-refractivity contribution in [2.75, 3.05) is 7.11 Å². The van der Waals surface area contributed by atoms with Gasteiger partial charge >= 0.3 is 6.03 Å². The van der Waals surface area contributed by atoms with Gasteiger partial charge in [-0.2, -0.15) is 0 Å². The molecular formula is C21H21FN2O4. The first kappa shape index (κ1) is 19.5. The highest BCUT2D eigenvalue weighted by atomic mass is 19.1. The summed E-state index contributed by atoms with van der Waals surface area (Å²) < 4.78 is 18.6. The fraction of sp³-hybridized carbons (Fsp3) is 0.286. The fourth-order valence-corrected chi connectivity index (χ4v) is 3.43. The van der Waals surface area contributed by atoms with Gasteiger partial charge < -0.3 is 10.1 Å². The van der Waals surface area contributed by atoms with Crippen LogP contribution in [0.1, 0.15) is 41.8 Å². The highest BCUT2D eigenvalue weighted by molar-refractivity contribution is 6.07. The number of ketones is 1. The number of hydrogen-bond donors (Lipinski definition) is 1. The second-order valence-electron chi connectivity index (χ2n) is 6.67. The summed E-state index contributed by atoms with van der Waals surface area (Å²) >= 11 is 0. The molecule has 1 atom stereocenters. The van der Waals surface area contributed by atoms with E-state index in [4.69, 9.17) is 4.74 Å². The van der Waals surface area contributed by atoms with E-state index in [1.807, 2.05) is 0 Å². The van der Waals surface area contributed by atoms with E-state index in [0.717, 1.165) is 4.90 Å². The van der Waals surface area contributed by atoms with Crippen molar-refractivity contribution in [2.45, 2.75) is 32.4 Å². The quantitative estimate of drug-likeness (QED) is 0.612. The van der Waals surface area contributed by atoms with E-state index in [1.54, 1.807) is 25.1 Å². The minimum Gasteiger partial charge on any atom is -0.496 e. The van der Waals surface area contributed by atoms with E-state index in [0.29, 0.717) is 28.9 Å². The van der Waals surface area contributed by atoms with Crippen LogP contribution in [0.5, 0.6) is 5.75 Å². The van der Waals surface area contributed by atoms with Crippen LogP contribution in [0.25, 0.3) is 0 Å². The van der Waals surface area contributed by atoms with Crippen LogP contribution in [-0.4, -0.2) is 29.7 Å². The van der Waals surface area contributed by atoms with Crippen LogP contribution in [0, 0.1) is 5.82 Å². The molecular weight excluding hydrogens is 363 g/mol. The van der Waals surface area contributed by atoms with Crippen LogP contribution < -0.4 is 10.1 Å². The number of nitrogens with zero attached hydrogens (tertiary/aromatic N) is 1. The maximum absolute atomic E-state index is 13.3. The van der Waals surface area contributed by atoms with Gasteiger partial charge in [0.15, 0.2) is 5.78 Å². The number of urea groups is 1. The number of imide groups is 1. The maximum atomic E-state index is 13.3. The number of Topliss-reactive ketones (excluding diaryl/α,β-unsaturated/α-hetero) is 1.